The molecule has 3 unspecified atom stereocenters. The highest BCUT2D eigenvalue weighted by atomic mass is 16.2. The molecule has 21 heavy (non-hydrogen) atoms. The lowest BCUT2D eigenvalue weighted by atomic mass is 9.97. The number of carbonyl (C=O) groups is 1. The topological polar surface area (TPSA) is 35.6 Å². The quantitative estimate of drug-likeness (QED) is 0.866. The van der Waals surface area contributed by atoms with Crippen LogP contribution in [0.5, 0.6) is 0 Å². The van der Waals surface area contributed by atoms with Crippen molar-refractivity contribution < 1.29 is 4.79 Å². The van der Waals surface area contributed by atoms with Gasteiger partial charge in [-0.3, -0.25) is 10.1 Å². The van der Waals surface area contributed by atoms with Crippen LogP contribution < -0.4 is 5.32 Å². The highest BCUT2D eigenvalue weighted by Crippen LogP contribution is 2.37. The third-order valence-electron chi connectivity index (χ3n) is 6.02. The van der Waals surface area contributed by atoms with Crippen molar-refractivity contribution in [3.05, 3.63) is 0 Å². The maximum atomic E-state index is 13.1. The molecule has 2 heterocycles. The summed E-state index contributed by atoms with van der Waals surface area (Å²) in [4.78, 5) is 17.7. The number of rotatable bonds is 3. The van der Waals surface area contributed by atoms with Gasteiger partial charge in [-0.05, 0) is 58.5 Å². The molecule has 2 aliphatic heterocycles. The van der Waals surface area contributed by atoms with E-state index < -0.39 is 0 Å². The number of likely N-dealkylation sites (N-methyl/N-ethyl adjacent to an activating group) is 1. The summed E-state index contributed by atoms with van der Waals surface area (Å²) in [5.41, 5.74) is -0.344. The van der Waals surface area contributed by atoms with Crippen molar-refractivity contribution in [2.75, 3.05) is 20.1 Å². The third kappa shape index (κ3) is 2.72. The molecular formula is C17H31N3O. The van der Waals surface area contributed by atoms with E-state index in [9.17, 15) is 4.79 Å². The summed E-state index contributed by atoms with van der Waals surface area (Å²) in [6.07, 6.45) is 8.77. The number of hydrogen-bond donors (Lipinski definition) is 1. The monoisotopic (exact) mass is 293 g/mol. The van der Waals surface area contributed by atoms with Crippen molar-refractivity contribution in [2.24, 2.45) is 5.92 Å². The molecule has 0 bridgehead atoms. The lowest BCUT2D eigenvalue weighted by Gasteiger charge is -2.40. The molecular weight excluding hydrogens is 262 g/mol. The average Bonchev–Trinajstić information content (AvgIpc) is 3.07. The zero-order chi connectivity index (χ0) is 15.0. The van der Waals surface area contributed by atoms with Crippen LogP contribution in [0.15, 0.2) is 0 Å². The van der Waals surface area contributed by atoms with Gasteiger partial charge < -0.3 is 9.80 Å². The lowest BCUT2D eigenvalue weighted by molar-refractivity contribution is -0.136. The Morgan fingerprint density at radius 1 is 1.24 bits per heavy atom. The van der Waals surface area contributed by atoms with E-state index in [2.05, 4.69) is 36.0 Å². The Hall–Kier alpha value is -0.610. The number of piperidine rings is 1. The fraction of sp³-hybridized carbons (Fsp3) is 0.941. The molecule has 0 aromatic heterocycles. The predicted octanol–water partition coefficient (Wildman–Crippen LogP) is 2.20. The molecule has 0 spiro atoms. The Labute approximate surface area is 129 Å². The second-order valence-corrected chi connectivity index (χ2v) is 7.59. The summed E-state index contributed by atoms with van der Waals surface area (Å²) in [6, 6.07) is 0.405. The standard InChI is InChI=1S/C17H31N3O/c1-4-17(2)16(21)20(14-10-7-11-19(3)12-14)15(18-17)13-8-5-6-9-13/h13-15,18H,4-12H2,1-3H3. The van der Waals surface area contributed by atoms with E-state index in [1.165, 1.54) is 45.1 Å². The van der Waals surface area contributed by atoms with Gasteiger partial charge >= 0.3 is 0 Å². The van der Waals surface area contributed by atoms with Crippen LogP contribution in [0.2, 0.25) is 0 Å². The molecule has 4 heteroatoms. The fourth-order valence-corrected chi connectivity index (χ4v) is 4.50. The molecule has 1 amide bonds. The Kier molecular flexibility index (Phi) is 4.28. The maximum Gasteiger partial charge on any atom is 0.244 e. The Morgan fingerprint density at radius 3 is 2.57 bits per heavy atom. The largest absolute Gasteiger partial charge is 0.321 e. The molecule has 2 saturated heterocycles. The van der Waals surface area contributed by atoms with E-state index in [4.69, 9.17) is 0 Å². The van der Waals surface area contributed by atoms with E-state index in [0.717, 1.165) is 13.0 Å². The van der Waals surface area contributed by atoms with Gasteiger partial charge in [-0.1, -0.05) is 19.8 Å². The number of nitrogens with zero attached hydrogens (tertiary/aromatic N) is 2. The minimum atomic E-state index is -0.344. The molecule has 0 aromatic carbocycles. The van der Waals surface area contributed by atoms with Gasteiger partial charge in [0.1, 0.15) is 0 Å². The Bertz CT molecular complexity index is 393. The van der Waals surface area contributed by atoms with Gasteiger partial charge in [0.15, 0.2) is 0 Å². The van der Waals surface area contributed by atoms with Crippen molar-refractivity contribution in [1.29, 1.82) is 0 Å². The normalized spacial score (nSPS) is 39.4. The smallest absolute Gasteiger partial charge is 0.244 e. The molecule has 1 saturated carbocycles. The molecule has 0 radical (unpaired) electrons. The summed E-state index contributed by atoms with van der Waals surface area (Å²) < 4.78 is 0. The molecule has 3 rings (SSSR count). The van der Waals surface area contributed by atoms with Crippen LogP contribution in [0, 0.1) is 5.92 Å². The zero-order valence-corrected chi connectivity index (χ0v) is 13.9. The van der Waals surface area contributed by atoms with Crippen LogP contribution in [-0.2, 0) is 4.79 Å². The van der Waals surface area contributed by atoms with Gasteiger partial charge in [-0.25, -0.2) is 0 Å². The minimum absolute atomic E-state index is 0.279. The van der Waals surface area contributed by atoms with Gasteiger partial charge in [0, 0.05) is 12.6 Å². The number of carbonyl (C=O) groups excluding carboxylic acids is 1. The Morgan fingerprint density at radius 2 is 1.95 bits per heavy atom. The first-order valence-corrected chi connectivity index (χ1v) is 8.84. The van der Waals surface area contributed by atoms with Crippen LogP contribution >= 0.6 is 0 Å². The van der Waals surface area contributed by atoms with Crippen LogP contribution in [-0.4, -0.2) is 53.6 Å². The van der Waals surface area contributed by atoms with E-state index in [1.807, 2.05) is 0 Å². The van der Waals surface area contributed by atoms with E-state index >= 15 is 0 Å². The van der Waals surface area contributed by atoms with E-state index in [0.29, 0.717) is 17.9 Å². The van der Waals surface area contributed by atoms with Gasteiger partial charge in [-0.2, -0.15) is 0 Å². The fourth-order valence-electron chi connectivity index (χ4n) is 4.50. The van der Waals surface area contributed by atoms with Gasteiger partial charge in [0.25, 0.3) is 0 Å². The highest BCUT2D eigenvalue weighted by Gasteiger charge is 2.51. The first-order valence-electron chi connectivity index (χ1n) is 8.84. The summed E-state index contributed by atoms with van der Waals surface area (Å²) in [6.45, 7) is 6.44. The van der Waals surface area contributed by atoms with Crippen molar-refractivity contribution in [2.45, 2.75) is 76.5 Å². The second kappa shape index (κ2) is 5.88. The van der Waals surface area contributed by atoms with Crippen LogP contribution in [0.25, 0.3) is 0 Å². The Balaban J connectivity index is 1.83. The summed E-state index contributed by atoms with van der Waals surface area (Å²) in [7, 11) is 2.18. The van der Waals surface area contributed by atoms with Crippen molar-refractivity contribution in [3.8, 4) is 0 Å². The van der Waals surface area contributed by atoms with Gasteiger partial charge in [-0.15, -0.1) is 0 Å². The molecule has 1 N–H and O–H groups in total. The molecule has 3 fully saturated rings. The lowest BCUT2D eigenvalue weighted by Crippen LogP contribution is -2.53. The SMILES string of the molecule is CCC1(C)NC(C2CCCC2)N(C2CCCN(C)C2)C1=O. The molecule has 120 valence electrons. The van der Waals surface area contributed by atoms with Crippen LogP contribution in [0.3, 0.4) is 0 Å². The van der Waals surface area contributed by atoms with Crippen LogP contribution in [0.1, 0.15) is 58.8 Å². The van der Waals surface area contributed by atoms with Crippen LogP contribution in [0.4, 0.5) is 0 Å². The summed E-state index contributed by atoms with van der Waals surface area (Å²) >= 11 is 0. The highest BCUT2D eigenvalue weighted by molar-refractivity contribution is 5.88. The maximum absolute atomic E-state index is 13.1. The van der Waals surface area contributed by atoms with Gasteiger partial charge in [0.05, 0.1) is 11.7 Å². The second-order valence-electron chi connectivity index (χ2n) is 7.59. The average molecular weight is 293 g/mol. The van der Waals surface area contributed by atoms with Crippen molar-refractivity contribution in [3.63, 3.8) is 0 Å². The number of likely N-dealkylation sites (tertiary alicyclic amines) is 1. The predicted molar refractivity (Wildman–Crippen MR) is 84.9 cm³/mol. The molecule has 4 nitrogen and oxygen atoms in total. The van der Waals surface area contributed by atoms with Gasteiger partial charge in [0.2, 0.25) is 5.91 Å². The van der Waals surface area contributed by atoms with Crippen molar-refractivity contribution in [1.82, 2.24) is 15.1 Å². The summed E-state index contributed by atoms with van der Waals surface area (Å²) in [5.74, 6) is 1.01. The number of amides is 1. The minimum Gasteiger partial charge on any atom is -0.321 e. The number of hydrogen-bond acceptors (Lipinski definition) is 3. The first-order chi connectivity index (χ1) is 10.0. The third-order valence-corrected chi connectivity index (χ3v) is 6.02. The molecule has 0 aromatic rings. The molecule has 1 aliphatic carbocycles. The first kappa shape index (κ1) is 15.3. The van der Waals surface area contributed by atoms with Crippen molar-refractivity contribution >= 4 is 5.91 Å². The molecule has 3 aliphatic rings. The van der Waals surface area contributed by atoms with E-state index in [1.54, 1.807) is 0 Å². The summed E-state index contributed by atoms with van der Waals surface area (Å²) in [5, 5.41) is 3.73. The number of nitrogens with one attached hydrogen (secondary N) is 1. The van der Waals surface area contributed by atoms with E-state index in [-0.39, 0.29) is 11.7 Å². The molecule has 3 atom stereocenters. The zero-order valence-electron chi connectivity index (χ0n) is 13.9.